The molecule has 0 radical (unpaired) electrons. The normalized spacial score (nSPS) is 39.6. The Morgan fingerprint density at radius 2 is 1.88 bits per heavy atom. The molecule has 1 nitrogen and oxygen atoms in total. The molecule has 88 valence electrons. The van der Waals surface area contributed by atoms with Gasteiger partial charge < -0.3 is 5.11 Å². The second-order valence-electron chi connectivity index (χ2n) is 4.94. The highest BCUT2D eigenvalue weighted by atomic mass is 32.4. The summed E-state index contributed by atoms with van der Waals surface area (Å²) in [7, 11) is 0. The first-order chi connectivity index (χ1) is 7.54. The number of hydrogen-bond donors (Lipinski definition) is 1. The molecule has 1 saturated heterocycles. The highest BCUT2D eigenvalue weighted by molar-refractivity contribution is 8.18. The van der Waals surface area contributed by atoms with Gasteiger partial charge in [-0.25, -0.2) is 0 Å². The van der Waals surface area contributed by atoms with Crippen LogP contribution in [-0.4, -0.2) is 23.0 Å². The zero-order valence-corrected chi connectivity index (χ0v) is 11.5. The van der Waals surface area contributed by atoms with Crippen molar-refractivity contribution < 1.29 is 5.11 Å². The fourth-order valence-electron chi connectivity index (χ4n) is 2.52. The standard InChI is InChI=1S/C13H19OPS/c1-10-9-15(16,11(2)8-13(10)14)12-6-4-3-5-7-12/h3-7,10-11,13-14H,8-9H2,1-2H3/t10-,11+,13+,15-/m1/s1. The SMILES string of the molecule is C[C@@H]1C[P@](=S)(c2ccccc2)[C@@H](C)C[C@@H]1O. The Morgan fingerprint density at radius 3 is 2.50 bits per heavy atom. The molecule has 1 aromatic rings. The van der Waals surface area contributed by atoms with Gasteiger partial charge in [-0.15, -0.1) is 0 Å². The number of rotatable bonds is 1. The van der Waals surface area contributed by atoms with Crippen molar-refractivity contribution in [3.05, 3.63) is 30.3 Å². The lowest BCUT2D eigenvalue weighted by Gasteiger charge is -2.39. The third kappa shape index (κ3) is 2.11. The predicted molar refractivity (Wildman–Crippen MR) is 74.5 cm³/mol. The van der Waals surface area contributed by atoms with Gasteiger partial charge in [0, 0.05) is 0 Å². The van der Waals surface area contributed by atoms with E-state index >= 15 is 0 Å². The molecular formula is C13H19OPS. The maximum absolute atomic E-state index is 9.90. The van der Waals surface area contributed by atoms with E-state index in [1.807, 2.05) is 6.07 Å². The van der Waals surface area contributed by atoms with Crippen LogP contribution in [0.2, 0.25) is 0 Å². The maximum atomic E-state index is 9.90. The monoisotopic (exact) mass is 254 g/mol. The van der Waals surface area contributed by atoms with Crippen LogP contribution in [0.4, 0.5) is 0 Å². The van der Waals surface area contributed by atoms with Crippen LogP contribution in [0.1, 0.15) is 20.3 Å². The van der Waals surface area contributed by atoms with Crippen LogP contribution in [0.3, 0.4) is 0 Å². The molecule has 4 atom stereocenters. The molecule has 0 spiro atoms. The van der Waals surface area contributed by atoms with E-state index in [-0.39, 0.29) is 6.10 Å². The minimum absolute atomic E-state index is 0.158. The molecular weight excluding hydrogens is 235 g/mol. The predicted octanol–water partition coefficient (Wildman–Crippen LogP) is 2.58. The Balaban J connectivity index is 2.35. The van der Waals surface area contributed by atoms with E-state index < -0.39 is 6.04 Å². The van der Waals surface area contributed by atoms with E-state index in [9.17, 15) is 5.11 Å². The van der Waals surface area contributed by atoms with Gasteiger partial charge in [0.1, 0.15) is 0 Å². The van der Waals surface area contributed by atoms with Crippen LogP contribution >= 0.6 is 6.04 Å². The van der Waals surface area contributed by atoms with E-state index in [4.69, 9.17) is 11.8 Å². The van der Waals surface area contributed by atoms with Gasteiger partial charge in [-0.2, -0.15) is 0 Å². The summed E-state index contributed by atoms with van der Waals surface area (Å²) in [6.45, 7) is 4.34. The van der Waals surface area contributed by atoms with Crippen LogP contribution < -0.4 is 5.30 Å². The Hall–Kier alpha value is -0.170. The van der Waals surface area contributed by atoms with Gasteiger partial charge in [0.15, 0.2) is 0 Å². The largest absolute Gasteiger partial charge is 0.393 e. The first kappa shape index (κ1) is 12.3. The van der Waals surface area contributed by atoms with Gasteiger partial charge in [0.05, 0.1) is 6.10 Å². The summed E-state index contributed by atoms with van der Waals surface area (Å²) >= 11 is 5.97. The number of aliphatic hydroxyl groups is 1. The quantitative estimate of drug-likeness (QED) is 0.777. The number of aliphatic hydroxyl groups excluding tert-OH is 1. The minimum atomic E-state index is -1.48. The molecule has 0 bridgehead atoms. The molecule has 0 aliphatic carbocycles. The smallest absolute Gasteiger partial charge is 0.0575 e. The lowest BCUT2D eigenvalue weighted by atomic mass is 10.0. The molecule has 1 aromatic carbocycles. The fourth-order valence-corrected chi connectivity index (χ4v) is 7.26. The van der Waals surface area contributed by atoms with Crippen molar-refractivity contribution in [1.82, 2.24) is 0 Å². The lowest BCUT2D eigenvalue weighted by Crippen LogP contribution is -2.35. The Labute approximate surface area is 103 Å². The Bertz CT molecular complexity index is 404. The highest BCUT2D eigenvalue weighted by Crippen LogP contribution is 2.56. The van der Waals surface area contributed by atoms with E-state index in [0.717, 1.165) is 12.6 Å². The first-order valence-corrected chi connectivity index (χ1v) is 8.92. The number of benzene rings is 1. The summed E-state index contributed by atoms with van der Waals surface area (Å²) in [6.07, 6.45) is 1.72. The van der Waals surface area contributed by atoms with Crippen molar-refractivity contribution in [3.63, 3.8) is 0 Å². The van der Waals surface area contributed by atoms with Crippen LogP contribution in [0.5, 0.6) is 0 Å². The summed E-state index contributed by atoms with van der Waals surface area (Å²) in [6, 6.07) is 9.05. The molecule has 1 N–H and O–H groups in total. The van der Waals surface area contributed by atoms with Crippen molar-refractivity contribution in [1.29, 1.82) is 0 Å². The van der Waals surface area contributed by atoms with Crippen molar-refractivity contribution in [2.24, 2.45) is 5.92 Å². The molecule has 1 aliphatic rings. The molecule has 0 unspecified atom stereocenters. The van der Waals surface area contributed by atoms with Gasteiger partial charge in [-0.1, -0.05) is 56.0 Å². The second kappa shape index (κ2) is 4.60. The third-order valence-electron chi connectivity index (χ3n) is 3.70. The minimum Gasteiger partial charge on any atom is -0.393 e. The van der Waals surface area contributed by atoms with E-state index in [2.05, 4.69) is 38.1 Å². The van der Waals surface area contributed by atoms with Crippen LogP contribution in [0, 0.1) is 5.92 Å². The van der Waals surface area contributed by atoms with E-state index in [0.29, 0.717) is 11.6 Å². The summed E-state index contributed by atoms with van der Waals surface area (Å²) < 4.78 is 0. The van der Waals surface area contributed by atoms with Gasteiger partial charge in [-0.05, 0) is 35.5 Å². The van der Waals surface area contributed by atoms with E-state index in [1.54, 1.807) is 0 Å². The van der Waals surface area contributed by atoms with Crippen molar-refractivity contribution in [2.45, 2.75) is 32.0 Å². The average Bonchev–Trinajstić information content (AvgIpc) is 2.28. The molecule has 16 heavy (non-hydrogen) atoms. The van der Waals surface area contributed by atoms with Gasteiger partial charge in [-0.3, -0.25) is 0 Å². The second-order valence-corrected chi connectivity index (χ2v) is 10.3. The molecule has 3 heteroatoms. The molecule has 0 saturated carbocycles. The molecule has 2 rings (SSSR count). The van der Waals surface area contributed by atoms with Crippen molar-refractivity contribution >= 4 is 23.1 Å². The fraction of sp³-hybridized carbons (Fsp3) is 0.538. The average molecular weight is 254 g/mol. The topological polar surface area (TPSA) is 20.2 Å². The molecule has 0 aromatic heterocycles. The molecule has 1 fully saturated rings. The van der Waals surface area contributed by atoms with Gasteiger partial charge in [0.25, 0.3) is 0 Å². The van der Waals surface area contributed by atoms with Gasteiger partial charge >= 0.3 is 0 Å². The van der Waals surface area contributed by atoms with Crippen LogP contribution in [0.25, 0.3) is 0 Å². The van der Waals surface area contributed by atoms with Crippen LogP contribution in [-0.2, 0) is 11.8 Å². The van der Waals surface area contributed by atoms with Crippen molar-refractivity contribution in [3.8, 4) is 0 Å². The Morgan fingerprint density at radius 1 is 1.25 bits per heavy atom. The zero-order chi connectivity index (χ0) is 11.8. The van der Waals surface area contributed by atoms with Gasteiger partial charge in [0.2, 0.25) is 0 Å². The van der Waals surface area contributed by atoms with Crippen LogP contribution in [0.15, 0.2) is 30.3 Å². The first-order valence-electron chi connectivity index (χ1n) is 5.86. The molecule has 1 aliphatic heterocycles. The number of hydrogen-bond acceptors (Lipinski definition) is 2. The van der Waals surface area contributed by atoms with E-state index in [1.165, 1.54) is 5.30 Å². The van der Waals surface area contributed by atoms with Crippen molar-refractivity contribution in [2.75, 3.05) is 6.16 Å². The molecule has 0 amide bonds. The summed E-state index contributed by atoms with van der Waals surface area (Å²) in [4.78, 5) is 0. The maximum Gasteiger partial charge on any atom is 0.0575 e. The summed E-state index contributed by atoms with van der Waals surface area (Å²) in [5.41, 5.74) is 0.469. The highest BCUT2D eigenvalue weighted by Gasteiger charge is 2.37. The zero-order valence-electron chi connectivity index (χ0n) is 9.84. The summed E-state index contributed by atoms with van der Waals surface area (Å²) in [5.74, 6) is 0.349. The Kier molecular flexibility index (Phi) is 3.53. The lowest BCUT2D eigenvalue weighted by molar-refractivity contribution is 0.112. The molecule has 1 heterocycles. The summed E-state index contributed by atoms with van der Waals surface area (Å²) in [5, 5.41) is 11.2. The third-order valence-corrected chi connectivity index (χ3v) is 9.79.